The van der Waals surface area contributed by atoms with Crippen LogP contribution in [-0.4, -0.2) is 38.2 Å². The fourth-order valence-corrected chi connectivity index (χ4v) is 4.14. The molecule has 0 radical (unpaired) electrons. The van der Waals surface area contributed by atoms with Crippen LogP contribution in [0.4, 0.5) is 5.69 Å². The predicted octanol–water partition coefficient (Wildman–Crippen LogP) is 1.94. The van der Waals surface area contributed by atoms with Gasteiger partial charge in [0.15, 0.2) is 0 Å². The highest BCUT2D eigenvalue weighted by atomic mass is 32.2. The highest BCUT2D eigenvalue weighted by Gasteiger charge is 2.32. The third kappa shape index (κ3) is 6.60. The van der Waals surface area contributed by atoms with Gasteiger partial charge in [0.05, 0.1) is 5.75 Å². The Labute approximate surface area is 172 Å². The number of amides is 2. The average Bonchev–Trinajstić information content (AvgIpc) is 2.68. The Morgan fingerprint density at radius 3 is 2.10 bits per heavy atom. The first-order valence-corrected chi connectivity index (χ1v) is 11.1. The van der Waals surface area contributed by atoms with Gasteiger partial charge in [0.25, 0.3) is 0 Å². The normalized spacial score (nSPS) is 12.2. The number of hydrogen-bond donors (Lipinski definition) is 2. The van der Waals surface area contributed by atoms with Crippen molar-refractivity contribution in [1.29, 1.82) is 0 Å². The predicted molar refractivity (Wildman–Crippen MR) is 113 cm³/mol. The summed E-state index contributed by atoms with van der Waals surface area (Å²) in [5.74, 6) is -2.72. The molecule has 0 saturated carbocycles. The molecule has 1 unspecified atom stereocenters. The number of nitrogens with two attached hydrogens (primary N) is 1. The number of nitrogens with one attached hydrogen (secondary N) is 1. The summed E-state index contributed by atoms with van der Waals surface area (Å²) in [6.45, 7) is 4.48. The Bertz CT molecular complexity index is 924. The van der Waals surface area contributed by atoms with E-state index in [0.717, 1.165) is 5.56 Å². The molecule has 0 aliphatic rings. The van der Waals surface area contributed by atoms with Crippen LogP contribution >= 0.6 is 0 Å². The Morgan fingerprint density at radius 2 is 1.55 bits per heavy atom. The molecule has 2 aromatic rings. The van der Waals surface area contributed by atoms with Gasteiger partial charge < -0.3 is 10.6 Å². The van der Waals surface area contributed by atoms with Gasteiger partial charge in [0.1, 0.15) is 5.92 Å². The smallest absolute Gasteiger partial charge is 0.246 e. The van der Waals surface area contributed by atoms with Crippen molar-refractivity contribution in [3.63, 3.8) is 0 Å². The number of sulfonamides is 1. The molecule has 2 aromatic carbocycles. The summed E-state index contributed by atoms with van der Waals surface area (Å²) in [4.78, 5) is 27.3. The minimum Gasteiger partial charge on any atom is -0.399 e. The molecule has 0 bridgehead atoms. The van der Waals surface area contributed by atoms with Crippen LogP contribution < -0.4 is 10.5 Å². The molecule has 0 aliphatic carbocycles. The van der Waals surface area contributed by atoms with Gasteiger partial charge in [-0.05, 0) is 43.5 Å². The van der Waals surface area contributed by atoms with Gasteiger partial charge >= 0.3 is 0 Å². The third-order valence-electron chi connectivity index (χ3n) is 4.56. The van der Waals surface area contributed by atoms with Crippen molar-refractivity contribution in [1.82, 2.24) is 9.62 Å². The van der Waals surface area contributed by atoms with Gasteiger partial charge in [0.2, 0.25) is 21.8 Å². The number of anilines is 1. The number of nitrogens with zero attached hydrogens (tertiary/aromatic N) is 1. The van der Waals surface area contributed by atoms with E-state index in [0.29, 0.717) is 24.3 Å². The molecule has 156 valence electrons. The maximum atomic E-state index is 12.9. The molecule has 0 spiro atoms. The monoisotopic (exact) mass is 417 g/mol. The number of hydrogen-bond acceptors (Lipinski definition) is 5. The molecule has 7 nitrogen and oxygen atoms in total. The van der Waals surface area contributed by atoms with Gasteiger partial charge in [-0.15, -0.1) is 0 Å². The van der Waals surface area contributed by atoms with Gasteiger partial charge in [-0.25, -0.2) is 8.42 Å². The number of nitrogen functional groups attached to an aromatic ring is 1. The van der Waals surface area contributed by atoms with Crippen molar-refractivity contribution >= 4 is 27.5 Å². The fraction of sp³-hybridized carbons (Fsp3) is 0.333. The molecule has 0 heterocycles. The highest BCUT2D eigenvalue weighted by molar-refractivity contribution is 7.89. The molecule has 0 saturated heterocycles. The lowest BCUT2D eigenvalue weighted by Crippen LogP contribution is -2.46. The Kier molecular flexibility index (Phi) is 7.78. The molecule has 8 heteroatoms. The zero-order valence-electron chi connectivity index (χ0n) is 16.7. The highest BCUT2D eigenvalue weighted by Crippen LogP contribution is 2.15. The van der Waals surface area contributed by atoms with Crippen LogP contribution in [0.5, 0.6) is 0 Å². The number of rotatable bonds is 9. The van der Waals surface area contributed by atoms with E-state index in [4.69, 9.17) is 5.73 Å². The molecular formula is C21H27N3O4S. The number of carbonyl (C=O) groups excluding carboxylic acids is 2. The van der Waals surface area contributed by atoms with Gasteiger partial charge in [0, 0.05) is 18.8 Å². The van der Waals surface area contributed by atoms with Crippen LogP contribution in [0.2, 0.25) is 0 Å². The van der Waals surface area contributed by atoms with Crippen LogP contribution in [0.1, 0.15) is 25.0 Å². The van der Waals surface area contributed by atoms with Crippen LogP contribution in [0, 0.1) is 5.92 Å². The van der Waals surface area contributed by atoms with Gasteiger partial charge in [-0.2, -0.15) is 0 Å². The molecule has 29 heavy (non-hydrogen) atoms. The van der Waals surface area contributed by atoms with Crippen LogP contribution in [0.15, 0.2) is 54.6 Å². The van der Waals surface area contributed by atoms with Crippen LogP contribution in [0.3, 0.4) is 0 Å². The van der Waals surface area contributed by atoms with Crippen molar-refractivity contribution < 1.29 is 18.0 Å². The van der Waals surface area contributed by atoms with E-state index in [1.54, 1.807) is 54.6 Å². The lowest BCUT2D eigenvalue weighted by molar-refractivity contribution is -0.141. The van der Waals surface area contributed by atoms with E-state index >= 15 is 0 Å². The molecule has 0 aliphatic heterocycles. The van der Waals surface area contributed by atoms with E-state index in [1.807, 2.05) is 13.8 Å². The largest absolute Gasteiger partial charge is 0.399 e. The molecular weight excluding hydrogens is 390 g/mol. The van der Waals surface area contributed by atoms with Crippen molar-refractivity contribution in [3.05, 3.63) is 65.7 Å². The molecule has 0 aromatic heterocycles. The second-order valence-electron chi connectivity index (χ2n) is 6.72. The Morgan fingerprint density at radius 1 is 0.966 bits per heavy atom. The summed E-state index contributed by atoms with van der Waals surface area (Å²) < 4.78 is 27.0. The maximum Gasteiger partial charge on any atom is 0.246 e. The van der Waals surface area contributed by atoms with Crippen molar-refractivity contribution in [3.8, 4) is 0 Å². The average molecular weight is 418 g/mol. The first-order chi connectivity index (χ1) is 13.8. The molecule has 2 rings (SSSR count). The SMILES string of the molecule is CCN(CC)C(=O)C(Cc1ccc(N)cc1)C(=O)NS(=O)(=O)Cc1ccccc1. The van der Waals surface area contributed by atoms with E-state index in [9.17, 15) is 18.0 Å². The van der Waals surface area contributed by atoms with Crippen LogP contribution in [0.25, 0.3) is 0 Å². The minimum atomic E-state index is -3.94. The Balaban J connectivity index is 2.22. The minimum absolute atomic E-state index is 0.0856. The summed E-state index contributed by atoms with van der Waals surface area (Å²) in [5, 5.41) is 0. The standard InChI is InChI=1S/C21H27N3O4S/c1-3-24(4-2)21(26)19(14-16-10-12-18(22)13-11-16)20(25)23-29(27,28)15-17-8-6-5-7-9-17/h5-13,19H,3-4,14-15,22H2,1-2H3,(H,23,25). The van der Waals surface area contributed by atoms with Gasteiger partial charge in [-0.1, -0.05) is 42.5 Å². The topological polar surface area (TPSA) is 110 Å². The fourth-order valence-electron chi connectivity index (χ4n) is 2.99. The van der Waals surface area contributed by atoms with Crippen molar-refractivity contribution in [2.24, 2.45) is 5.92 Å². The van der Waals surface area contributed by atoms with Crippen molar-refractivity contribution in [2.75, 3.05) is 18.8 Å². The second kappa shape index (κ2) is 10.1. The maximum absolute atomic E-state index is 12.9. The third-order valence-corrected chi connectivity index (χ3v) is 5.79. The first-order valence-electron chi connectivity index (χ1n) is 9.47. The lowest BCUT2D eigenvalue weighted by atomic mass is 9.97. The summed E-state index contributed by atoms with van der Waals surface area (Å²) >= 11 is 0. The van der Waals surface area contributed by atoms with Crippen molar-refractivity contribution in [2.45, 2.75) is 26.0 Å². The summed E-state index contributed by atoms with van der Waals surface area (Å²) in [6, 6.07) is 15.4. The van der Waals surface area contributed by atoms with E-state index < -0.39 is 27.8 Å². The second-order valence-corrected chi connectivity index (χ2v) is 8.44. The molecule has 0 fully saturated rings. The molecule has 1 atom stereocenters. The zero-order chi connectivity index (χ0) is 21.4. The van der Waals surface area contributed by atoms with E-state index in [1.165, 1.54) is 4.90 Å². The summed E-state index contributed by atoms with van der Waals surface area (Å²) in [6.07, 6.45) is 0.0856. The van der Waals surface area contributed by atoms with E-state index in [2.05, 4.69) is 4.72 Å². The summed E-state index contributed by atoms with van der Waals surface area (Å²) in [5.41, 5.74) is 7.53. The zero-order valence-corrected chi connectivity index (χ0v) is 17.5. The quantitative estimate of drug-likeness (QED) is 0.479. The molecule has 2 amide bonds. The first kappa shape index (κ1) is 22.4. The molecule has 3 N–H and O–H groups in total. The van der Waals surface area contributed by atoms with Gasteiger partial charge in [-0.3, -0.25) is 14.3 Å². The lowest BCUT2D eigenvalue weighted by Gasteiger charge is -2.24. The number of benzene rings is 2. The van der Waals surface area contributed by atoms with E-state index in [-0.39, 0.29) is 12.2 Å². The number of carbonyl (C=O) groups is 2. The summed E-state index contributed by atoms with van der Waals surface area (Å²) in [7, 11) is -3.94. The van der Waals surface area contributed by atoms with Crippen LogP contribution in [-0.2, 0) is 31.8 Å². The Hall–Kier alpha value is -2.87.